The average molecular weight is 469 g/mol. The smallest absolute Gasteiger partial charge is 0.338 e. The number of benzene rings is 2. The quantitative estimate of drug-likeness (QED) is 0.348. The van der Waals surface area contributed by atoms with Crippen LogP contribution in [-0.2, 0) is 22.7 Å². The van der Waals surface area contributed by atoms with Gasteiger partial charge in [0, 0.05) is 12.2 Å². The van der Waals surface area contributed by atoms with Gasteiger partial charge in [0.1, 0.15) is 12.4 Å². The average Bonchev–Trinajstić information content (AvgIpc) is 3.20. The van der Waals surface area contributed by atoms with Crippen LogP contribution in [0, 0.1) is 13.8 Å². The van der Waals surface area contributed by atoms with Crippen molar-refractivity contribution in [2.24, 2.45) is 0 Å². The van der Waals surface area contributed by atoms with Gasteiger partial charge in [-0.15, -0.1) is 10.2 Å². The Morgan fingerprint density at radius 2 is 1.73 bits per heavy atom. The normalized spacial score (nSPS) is 10.7. The minimum Gasteiger partial charge on any atom is -0.485 e. The Balaban J connectivity index is 1.56. The number of para-hydroxylation sites is 1. The molecule has 0 saturated carbocycles. The van der Waals surface area contributed by atoms with E-state index in [2.05, 4.69) is 15.5 Å². The lowest BCUT2D eigenvalue weighted by atomic mass is 10.1. The number of carbonyl (C=O) groups excluding carboxylic acids is 2. The predicted octanol–water partition coefficient (Wildman–Crippen LogP) is 4.40. The third-order valence-corrected chi connectivity index (χ3v) is 5.84. The zero-order valence-electron chi connectivity index (χ0n) is 19.3. The number of carbonyl (C=O) groups is 2. The molecule has 0 aliphatic rings. The van der Waals surface area contributed by atoms with Gasteiger partial charge in [-0.1, -0.05) is 30.0 Å². The number of ether oxygens (including phenoxy) is 2. The molecule has 9 heteroatoms. The molecule has 3 aromatic rings. The van der Waals surface area contributed by atoms with E-state index in [1.54, 1.807) is 31.2 Å². The SMILES string of the molecule is CCOC(=O)c1ccc(NC(=O)CSc2nnc(COc3c(C)cccc3C)n2CC)cc1. The molecule has 0 bridgehead atoms. The largest absolute Gasteiger partial charge is 0.485 e. The summed E-state index contributed by atoms with van der Waals surface area (Å²) in [6.45, 7) is 9.06. The molecule has 33 heavy (non-hydrogen) atoms. The molecule has 0 atom stereocenters. The van der Waals surface area contributed by atoms with E-state index >= 15 is 0 Å². The Labute approximate surface area is 197 Å². The summed E-state index contributed by atoms with van der Waals surface area (Å²) in [7, 11) is 0. The number of aromatic nitrogens is 3. The lowest BCUT2D eigenvalue weighted by molar-refractivity contribution is -0.113. The maximum atomic E-state index is 12.4. The van der Waals surface area contributed by atoms with Gasteiger partial charge in [0.15, 0.2) is 11.0 Å². The monoisotopic (exact) mass is 468 g/mol. The van der Waals surface area contributed by atoms with Crippen LogP contribution in [0.15, 0.2) is 47.6 Å². The molecule has 8 nitrogen and oxygen atoms in total. The first-order valence-electron chi connectivity index (χ1n) is 10.7. The highest BCUT2D eigenvalue weighted by Crippen LogP contribution is 2.24. The molecule has 1 heterocycles. The molecule has 0 spiro atoms. The van der Waals surface area contributed by atoms with Crippen molar-refractivity contribution in [3.05, 3.63) is 65.0 Å². The second kappa shape index (κ2) is 11.5. The Hall–Kier alpha value is -3.33. The van der Waals surface area contributed by atoms with E-state index in [9.17, 15) is 9.59 Å². The summed E-state index contributed by atoms with van der Waals surface area (Å²) in [4.78, 5) is 24.1. The van der Waals surface area contributed by atoms with Crippen molar-refractivity contribution in [3.8, 4) is 5.75 Å². The number of nitrogens with zero attached hydrogens (tertiary/aromatic N) is 3. The Morgan fingerprint density at radius 3 is 2.36 bits per heavy atom. The van der Waals surface area contributed by atoms with E-state index in [0.717, 1.165) is 16.9 Å². The highest BCUT2D eigenvalue weighted by Gasteiger charge is 2.15. The fourth-order valence-corrected chi connectivity index (χ4v) is 4.07. The van der Waals surface area contributed by atoms with Crippen molar-refractivity contribution in [1.29, 1.82) is 0 Å². The van der Waals surface area contributed by atoms with Crippen molar-refractivity contribution in [2.75, 3.05) is 17.7 Å². The Morgan fingerprint density at radius 1 is 1.03 bits per heavy atom. The second-order valence-electron chi connectivity index (χ2n) is 7.29. The highest BCUT2D eigenvalue weighted by molar-refractivity contribution is 7.99. The Bertz CT molecular complexity index is 1090. The number of nitrogens with one attached hydrogen (secondary N) is 1. The van der Waals surface area contributed by atoms with Gasteiger partial charge in [-0.05, 0) is 63.1 Å². The summed E-state index contributed by atoms with van der Waals surface area (Å²) in [5, 5.41) is 12.0. The maximum absolute atomic E-state index is 12.4. The van der Waals surface area contributed by atoms with E-state index in [-0.39, 0.29) is 17.6 Å². The van der Waals surface area contributed by atoms with Gasteiger partial charge in [-0.3, -0.25) is 4.79 Å². The fourth-order valence-electron chi connectivity index (χ4n) is 3.25. The third kappa shape index (κ3) is 6.35. The van der Waals surface area contributed by atoms with Crippen molar-refractivity contribution >= 4 is 29.3 Å². The van der Waals surface area contributed by atoms with Gasteiger partial charge < -0.3 is 19.4 Å². The summed E-state index contributed by atoms with van der Waals surface area (Å²) < 4.78 is 12.9. The number of hydrogen-bond acceptors (Lipinski definition) is 7. The second-order valence-corrected chi connectivity index (χ2v) is 8.23. The van der Waals surface area contributed by atoms with Crippen molar-refractivity contribution < 1.29 is 19.1 Å². The van der Waals surface area contributed by atoms with Gasteiger partial charge >= 0.3 is 5.97 Å². The number of esters is 1. The zero-order chi connectivity index (χ0) is 23.8. The standard InChI is InChI=1S/C24H28N4O4S/c1-5-28-20(14-32-22-16(3)8-7-9-17(22)4)26-27-24(28)33-15-21(29)25-19-12-10-18(11-13-19)23(30)31-6-2/h7-13H,5-6,14-15H2,1-4H3,(H,25,29). The van der Waals surface area contributed by atoms with Crippen molar-refractivity contribution in [1.82, 2.24) is 14.8 Å². The van der Waals surface area contributed by atoms with E-state index in [1.807, 2.05) is 43.5 Å². The molecule has 0 aliphatic heterocycles. The van der Waals surface area contributed by atoms with Crippen LogP contribution in [0.4, 0.5) is 5.69 Å². The van der Waals surface area contributed by atoms with Crippen LogP contribution in [0.2, 0.25) is 0 Å². The topological polar surface area (TPSA) is 95.3 Å². The minimum atomic E-state index is -0.387. The number of thioether (sulfide) groups is 1. The molecular formula is C24H28N4O4S. The summed E-state index contributed by atoms with van der Waals surface area (Å²) >= 11 is 1.31. The zero-order valence-corrected chi connectivity index (χ0v) is 20.1. The first-order valence-corrected chi connectivity index (χ1v) is 11.7. The lowest BCUT2D eigenvalue weighted by Gasteiger charge is -2.12. The minimum absolute atomic E-state index is 0.176. The fraction of sp³-hybridized carbons (Fsp3) is 0.333. The maximum Gasteiger partial charge on any atom is 0.338 e. The molecule has 2 aromatic carbocycles. The van der Waals surface area contributed by atoms with Crippen LogP contribution in [0.1, 0.15) is 41.2 Å². The number of hydrogen-bond donors (Lipinski definition) is 1. The number of amides is 1. The van der Waals surface area contributed by atoms with Gasteiger partial charge in [0.2, 0.25) is 5.91 Å². The van der Waals surface area contributed by atoms with Crippen LogP contribution in [-0.4, -0.2) is 39.0 Å². The van der Waals surface area contributed by atoms with Gasteiger partial charge in [-0.25, -0.2) is 4.79 Å². The molecule has 174 valence electrons. The molecule has 0 fully saturated rings. The molecule has 1 amide bonds. The van der Waals surface area contributed by atoms with Gasteiger partial charge in [0.25, 0.3) is 0 Å². The third-order valence-electron chi connectivity index (χ3n) is 4.88. The molecule has 3 rings (SSSR count). The number of aryl methyl sites for hydroxylation is 2. The molecule has 0 aliphatic carbocycles. The van der Waals surface area contributed by atoms with Gasteiger partial charge in [0.05, 0.1) is 17.9 Å². The van der Waals surface area contributed by atoms with E-state index < -0.39 is 0 Å². The molecular weight excluding hydrogens is 440 g/mol. The summed E-state index contributed by atoms with van der Waals surface area (Å²) in [5.41, 5.74) is 3.18. The van der Waals surface area contributed by atoms with Crippen molar-refractivity contribution in [3.63, 3.8) is 0 Å². The van der Waals surface area contributed by atoms with Crippen molar-refractivity contribution in [2.45, 2.75) is 46.0 Å². The number of anilines is 1. The molecule has 1 N–H and O–H groups in total. The molecule has 1 aromatic heterocycles. The van der Waals surface area contributed by atoms with Crippen LogP contribution in [0.25, 0.3) is 0 Å². The molecule has 0 radical (unpaired) electrons. The summed E-state index contributed by atoms with van der Waals surface area (Å²) in [6.07, 6.45) is 0. The predicted molar refractivity (Wildman–Crippen MR) is 128 cm³/mol. The Kier molecular flexibility index (Phi) is 8.48. The first-order chi connectivity index (χ1) is 15.9. The molecule has 0 unspecified atom stereocenters. The number of rotatable bonds is 10. The van der Waals surface area contributed by atoms with Crippen LogP contribution < -0.4 is 10.1 Å². The van der Waals surface area contributed by atoms with Crippen LogP contribution in [0.3, 0.4) is 0 Å². The highest BCUT2D eigenvalue weighted by atomic mass is 32.2. The lowest BCUT2D eigenvalue weighted by Crippen LogP contribution is -2.15. The molecule has 0 saturated heterocycles. The summed E-state index contributed by atoms with van der Waals surface area (Å²) in [6, 6.07) is 12.6. The van der Waals surface area contributed by atoms with Gasteiger partial charge in [-0.2, -0.15) is 0 Å². The van der Waals surface area contributed by atoms with E-state index in [0.29, 0.717) is 42.0 Å². The van der Waals surface area contributed by atoms with Crippen LogP contribution >= 0.6 is 11.8 Å². The van der Waals surface area contributed by atoms with E-state index in [4.69, 9.17) is 9.47 Å². The first kappa shape index (κ1) is 24.3. The summed E-state index contributed by atoms with van der Waals surface area (Å²) in [5.74, 6) is 1.17. The van der Waals surface area contributed by atoms with E-state index in [1.165, 1.54) is 11.8 Å². The van der Waals surface area contributed by atoms with Crippen LogP contribution in [0.5, 0.6) is 5.75 Å².